The summed E-state index contributed by atoms with van der Waals surface area (Å²) in [5.74, 6) is 0. The average Bonchev–Trinajstić information content (AvgIpc) is 2.61. The van der Waals surface area contributed by atoms with E-state index in [0.717, 1.165) is 19.6 Å². The zero-order valence-corrected chi connectivity index (χ0v) is 12.3. The highest BCUT2D eigenvalue weighted by atomic mass is 16.5. The largest absolute Gasteiger partial charge is 0.374 e. The normalized spacial score (nSPS) is 21.2. The SMILES string of the molecule is C=CCC(NCCC)C1(OCC)CCCCCC1. The molecule has 0 bridgehead atoms. The van der Waals surface area contributed by atoms with Gasteiger partial charge < -0.3 is 10.1 Å². The van der Waals surface area contributed by atoms with E-state index in [1.807, 2.05) is 6.08 Å². The molecule has 1 aliphatic rings. The van der Waals surface area contributed by atoms with E-state index in [0.29, 0.717) is 6.04 Å². The maximum atomic E-state index is 6.25. The van der Waals surface area contributed by atoms with E-state index in [-0.39, 0.29) is 5.60 Å². The van der Waals surface area contributed by atoms with Gasteiger partial charge in [0.15, 0.2) is 0 Å². The third-order valence-corrected chi connectivity index (χ3v) is 4.06. The number of hydrogen-bond donors (Lipinski definition) is 1. The van der Waals surface area contributed by atoms with Gasteiger partial charge in [-0.2, -0.15) is 0 Å². The molecule has 1 rings (SSSR count). The fourth-order valence-electron chi connectivity index (χ4n) is 3.18. The number of nitrogens with one attached hydrogen (secondary N) is 1. The Morgan fingerprint density at radius 1 is 1.22 bits per heavy atom. The van der Waals surface area contributed by atoms with Crippen molar-refractivity contribution in [1.82, 2.24) is 5.32 Å². The molecule has 0 aliphatic heterocycles. The molecule has 1 saturated carbocycles. The van der Waals surface area contributed by atoms with Gasteiger partial charge in [0, 0.05) is 12.6 Å². The second kappa shape index (κ2) is 8.71. The van der Waals surface area contributed by atoms with Crippen LogP contribution in [0.1, 0.15) is 65.2 Å². The van der Waals surface area contributed by atoms with E-state index >= 15 is 0 Å². The Balaban J connectivity index is 2.77. The first-order valence-electron chi connectivity index (χ1n) is 7.77. The molecule has 1 atom stereocenters. The van der Waals surface area contributed by atoms with E-state index in [4.69, 9.17) is 4.74 Å². The maximum absolute atomic E-state index is 6.25. The van der Waals surface area contributed by atoms with Crippen LogP contribution in [0.25, 0.3) is 0 Å². The van der Waals surface area contributed by atoms with Crippen LogP contribution in [0.3, 0.4) is 0 Å². The lowest BCUT2D eigenvalue weighted by Crippen LogP contribution is -2.52. The summed E-state index contributed by atoms with van der Waals surface area (Å²) in [6, 6.07) is 0.438. The van der Waals surface area contributed by atoms with Gasteiger partial charge in [-0.15, -0.1) is 6.58 Å². The van der Waals surface area contributed by atoms with Crippen LogP contribution in [-0.2, 0) is 4.74 Å². The van der Waals surface area contributed by atoms with E-state index < -0.39 is 0 Å². The monoisotopic (exact) mass is 253 g/mol. The molecule has 0 saturated heterocycles. The van der Waals surface area contributed by atoms with Gasteiger partial charge in [0.1, 0.15) is 0 Å². The minimum Gasteiger partial charge on any atom is -0.374 e. The van der Waals surface area contributed by atoms with Crippen molar-refractivity contribution in [2.24, 2.45) is 0 Å². The molecule has 0 radical (unpaired) electrons. The van der Waals surface area contributed by atoms with E-state index in [1.54, 1.807) is 0 Å². The Morgan fingerprint density at radius 3 is 2.39 bits per heavy atom. The van der Waals surface area contributed by atoms with Crippen LogP contribution in [0, 0.1) is 0 Å². The van der Waals surface area contributed by atoms with Gasteiger partial charge in [-0.05, 0) is 39.2 Å². The highest BCUT2D eigenvalue weighted by Crippen LogP contribution is 2.35. The predicted molar refractivity (Wildman–Crippen MR) is 79.0 cm³/mol. The van der Waals surface area contributed by atoms with Crippen molar-refractivity contribution in [2.45, 2.75) is 76.9 Å². The molecule has 106 valence electrons. The second-order valence-electron chi connectivity index (χ2n) is 5.44. The zero-order chi connectivity index (χ0) is 13.3. The van der Waals surface area contributed by atoms with Gasteiger partial charge in [0.2, 0.25) is 0 Å². The van der Waals surface area contributed by atoms with Crippen molar-refractivity contribution in [1.29, 1.82) is 0 Å². The first kappa shape index (κ1) is 15.7. The van der Waals surface area contributed by atoms with Crippen molar-refractivity contribution < 1.29 is 4.74 Å². The van der Waals surface area contributed by atoms with Gasteiger partial charge in [-0.25, -0.2) is 0 Å². The Kier molecular flexibility index (Phi) is 7.60. The molecule has 0 heterocycles. The minimum atomic E-state index is 0.0502. The minimum absolute atomic E-state index is 0.0502. The molecule has 0 aromatic carbocycles. The van der Waals surface area contributed by atoms with Crippen LogP contribution in [0.15, 0.2) is 12.7 Å². The predicted octanol–water partition coefficient (Wildman–Crippen LogP) is 4.06. The van der Waals surface area contributed by atoms with Crippen molar-refractivity contribution in [2.75, 3.05) is 13.2 Å². The van der Waals surface area contributed by atoms with Crippen LogP contribution in [0.5, 0.6) is 0 Å². The molecule has 1 N–H and O–H groups in total. The molecule has 2 heteroatoms. The molecule has 1 unspecified atom stereocenters. The van der Waals surface area contributed by atoms with Gasteiger partial charge in [0.05, 0.1) is 5.60 Å². The van der Waals surface area contributed by atoms with Gasteiger partial charge in [-0.1, -0.05) is 38.7 Å². The number of hydrogen-bond acceptors (Lipinski definition) is 2. The lowest BCUT2D eigenvalue weighted by molar-refractivity contribution is -0.0761. The van der Waals surface area contributed by atoms with Gasteiger partial charge >= 0.3 is 0 Å². The summed E-state index contributed by atoms with van der Waals surface area (Å²) in [6.45, 7) is 10.2. The van der Waals surface area contributed by atoms with Crippen LogP contribution >= 0.6 is 0 Å². The van der Waals surface area contributed by atoms with Crippen LogP contribution < -0.4 is 5.32 Å². The summed E-state index contributed by atoms with van der Waals surface area (Å²) in [6.07, 6.45) is 12.0. The molecular formula is C16H31NO. The summed E-state index contributed by atoms with van der Waals surface area (Å²) < 4.78 is 6.25. The smallest absolute Gasteiger partial charge is 0.0837 e. The standard InChI is InChI=1S/C16H31NO/c1-4-11-15(17-14-5-2)16(18-6-3)12-9-7-8-10-13-16/h4,15,17H,1,5-14H2,2-3H3. The van der Waals surface area contributed by atoms with E-state index in [9.17, 15) is 0 Å². The first-order valence-corrected chi connectivity index (χ1v) is 7.77. The molecule has 0 aromatic rings. The van der Waals surface area contributed by atoms with Crippen LogP contribution in [0.4, 0.5) is 0 Å². The van der Waals surface area contributed by atoms with Crippen LogP contribution in [-0.4, -0.2) is 24.8 Å². The molecule has 0 amide bonds. The van der Waals surface area contributed by atoms with E-state index in [2.05, 4.69) is 25.7 Å². The first-order chi connectivity index (χ1) is 8.79. The summed E-state index contributed by atoms with van der Waals surface area (Å²) in [5, 5.41) is 3.70. The fourth-order valence-corrected chi connectivity index (χ4v) is 3.18. The average molecular weight is 253 g/mol. The third-order valence-electron chi connectivity index (χ3n) is 4.06. The molecule has 0 spiro atoms. The number of rotatable bonds is 8. The molecule has 1 fully saturated rings. The molecule has 1 aliphatic carbocycles. The van der Waals surface area contributed by atoms with Crippen LogP contribution in [0.2, 0.25) is 0 Å². The molecule has 0 aromatic heterocycles. The molecular weight excluding hydrogens is 222 g/mol. The summed E-state index contributed by atoms with van der Waals surface area (Å²) in [5.41, 5.74) is 0.0502. The highest BCUT2D eigenvalue weighted by molar-refractivity contribution is 4.97. The van der Waals surface area contributed by atoms with Gasteiger partial charge in [-0.3, -0.25) is 0 Å². The Labute approximate surface area is 113 Å². The van der Waals surface area contributed by atoms with Crippen molar-refractivity contribution in [3.63, 3.8) is 0 Å². The summed E-state index contributed by atoms with van der Waals surface area (Å²) in [4.78, 5) is 0. The van der Waals surface area contributed by atoms with Gasteiger partial charge in [0.25, 0.3) is 0 Å². The van der Waals surface area contributed by atoms with Crippen molar-refractivity contribution in [3.05, 3.63) is 12.7 Å². The lowest BCUT2D eigenvalue weighted by Gasteiger charge is -2.40. The maximum Gasteiger partial charge on any atom is 0.0837 e. The Hall–Kier alpha value is -0.340. The van der Waals surface area contributed by atoms with Crippen molar-refractivity contribution >= 4 is 0 Å². The topological polar surface area (TPSA) is 21.3 Å². The number of ether oxygens (including phenoxy) is 1. The lowest BCUT2D eigenvalue weighted by atomic mass is 9.84. The molecule has 2 nitrogen and oxygen atoms in total. The van der Waals surface area contributed by atoms with Crippen molar-refractivity contribution in [3.8, 4) is 0 Å². The van der Waals surface area contributed by atoms with E-state index in [1.165, 1.54) is 44.9 Å². The Bertz CT molecular complexity index is 219. The molecule has 18 heavy (non-hydrogen) atoms. The Morgan fingerprint density at radius 2 is 1.89 bits per heavy atom. The zero-order valence-electron chi connectivity index (χ0n) is 12.3. The highest BCUT2D eigenvalue weighted by Gasteiger charge is 2.38. The second-order valence-corrected chi connectivity index (χ2v) is 5.44. The quantitative estimate of drug-likeness (QED) is 0.520. The summed E-state index contributed by atoms with van der Waals surface area (Å²) >= 11 is 0. The third kappa shape index (κ3) is 4.40. The fraction of sp³-hybridized carbons (Fsp3) is 0.875. The summed E-state index contributed by atoms with van der Waals surface area (Å²) in [7, 11) is 0.